The Bertz CT molecular complexity index is 1360. The lowest BCUT2D eigenvalue weighted by Crippen LogP contribution is -2.31. The van der Waals surface area contributed by atoms with Gasteiger partial charge in [0.2, 0.25) is 0 Å². The quantitative estimate of drug-likeness (QED) is 0.332. The fourth-order valence-corrected chi connectivity index (χ4v) is 6.86. The van der Waals surface area contributed by atoms with Gasteiger partial charge in [-0.15, -0.1) is 11.3 Å². The molecule has 2 aromatic heterocycles. The first-order chi connectivity index (χ1) is 17.5. The van der Waals surface area contributed by atoms with Gasteiger partial charge < -0.3 is 9.84 Å². The first kappa shape index (κ1) is 25.2. The highest BCUT2D eigenvalue weighted by Gasteiger charge is 2.25. The van der Waals surface area contributed by atoms with E-state index in [0.29, 0.717) is 17.8 Å². The molecule has 2 aliphatic rings. The zero-order chi connectivity index (χ0) is 25.2. The summed E-state index contributed by atoms with van der Waals surface area (Å²) in [6, 6.07) is 3.97. The van der Waals surface area contributed by atoms with Gasteiger partial charge in [-0.3, -0.25) is 9.36 Å². The molecule has 3 aromatic rings. The van der Waals surface area contributed by atoms with Gasteiger partial charge in [0.1, 0.15) is 16.4 Å². The van der Waals surface area contributed by atoms with E-state index in [1.807, 2.05) is 10.6 Å². The van der Waals surface area contributed by atoms with E-state index in [4.69, 9.17) is 9.72 Å². The number of phenols is 1. The van der Waals surface area contributed by atoms with Crippen LogP contribution in [-0.2, 0) is 17.7 Å². The van der Waals surface area contributed by atoms with Gasteiger partial charge in [0.05, 0.1) is 22.7 Å². The Morgan fingerprint density at radius 2 is 2.17 bits per heavy atom. The van der Waals surface area contributed by atoms with Gasteiger partial charge in [-0.05, 0) is 62.1 Å². The number of unbranched alkanes of at least 4 members (excludes halogenated alkanes) is 1. The van der Waals surface area contributed by atoms with Crippen molar-refractivity contribution < 1.29 is 9.84 Å². The fraction of sp³-hybridized carbons (Fsp3) is 0.533. The maximum absolute atomic E-state index is 14.1. The van der Waals surface area contributed by atoms with Crippen LogP contribution in [0.4, 0.5) is 0 Å². The maximum Gasteiger partial charge on any atom is 0.263 e. The number of hydrogen-bond donors (Lipinski definition) is 1. The summed E-state index contributed by atoms with van der Waals surface area (Å²) in [6.45, 7) is 7.93. The minimum absolute atomic E-state index is 0.0108. The maximum atomic E-state index is 14.1. The number of rotatable bonds is 9. The lowest BCUT2D eigenvalue weighted by atomic mass is 9.91. The van der Waals surface area contributed by atoms with E-state index in [2.05, 4.69) is 45.1 Å². The third-order valence-electron chi connectivity index (χ3n) is 7.72. The third kappa shape index (κ3) is 5.03. The van der Waals surface area contributed by atoms with Gasteiger partial charge in [0.15, 0.2) is 0 Å². The highest BCUT2D eigenvalue weighted by Crippen LogP contribution is 2.39. The predicted octanol–water partition coefficient (Wildman–Crippen LogP) is 7.24. The van der Waals surface area contributed by atoms with Crippen molar-refractivity contribution in [2.24, 2.45) is 5.92 Å². The van der Waals surface area contributed by atoms with Crippen LogP contribution < -0.4 is 5.56 Å². The monoisotopic (exact) mass is 506 g/mol. The van der Waals surface area contributed by atoms with E-state index in [-0.39, 0.29) is 23.3 Å². The Balaban J connectivity index is 1.64. The van der Waals surface area contributed by atoms with Crippen molar-refractivity contribution >= 4 is 31.6 Å². The standard InChI is InChI=1S/C30H38N2O3S/c1-4-6-11-22(5-2)28-31-29-26(30(34)32(28)18-23-12-8-13-35-23)24-16-21(17-25(33)27(24)36-29)15-20-10-7-9-19(3)14-20/h7,9-10,16-17,19,22-23,33H,4-6,8,11-15,18H2,1-3H3. The summed E-state index contributed by atoms with van der Waals surface area (Å²) in [5, 5.41) is 12.5. The topological polar surface area (TPSA) is 64.4 Å². The molecule has 0 bridgehead atoms. The number of benzene rings is 1. The zero-order valence-electron chi connectivity index (χ0n) is 21.8. The van der Waals surface area contributed by atoms with Gasteiger partial charge in [-0.1, -0.05) is 57.4 Å². The Morgan fingerprint density at radius 3 is 2.89 bits per heavy atom. The molecule has 0 saturated carbocycles. The molecule has 5 nitrogen and oxygen atoms in total. The van der Waals surface area contributed by atoms with Gasteiger partial charge in [-0.25, -0.2) is 4.98 Å². The molecule has 3 heterocycles. The van der Waals surface area contributed by atoms with Crippen molar-refractivity contribution in [1.29, 1.82) is 0 Å². The van der Waals surface area contributed by atoms with Crippen LogP contribution in [-0.4, -0.2) is 27.4 Å². The van der Waals surface area contributed by atoms with Crippen LogP contribution in [0.5, 0.6) is 5.75 Å². The molecule has 1 N–H and O–H groups in total. The minimum atomic E-state index is 0.0108. The third-order valence-corrected chi connectivity index (χ3v) is 8.85. The summed E-state index contributed by atoms with van der Waals surface area (Å²) >= 11 is 1.44. The summed E-state index contributed by atoms with van der Waals surface area (Å²) in [4.78, 5) is 20.0. The molecule has 6 heteroatoms. The van der Waals surface area contributed by atoms with Gasteiger partial charge >= 0.3 is 0 Å². The van der Waals surface area contributed by atoms with E-state index in [1.54, 1.807) is 0 Å². The predicted molar refractivity (Wildman–Crippen MR) is 149 cm³/mol. The Labute approximate surface area is 217 Å². The first-order valence-electron chi connectivity index (χ1n) is 13.6. The number of aromatic nitrogens is 2. The second kappa shape index (κ2) is 10.9. The molecule has 1 aliphatic carbocycles. The lowest BCUT2D eigenvalue weighted by Gasteiger charge is -2.21. The number of thiophene rings is 1. The molecule has 3 unspecified atom stereocenters. The second-order valence-corrected chi connectivity index (χ2v) is 11.6. The van der Waals surface area contributed by atoms with Gasteiger partial charge in [0.25, 0.3) is 5.56 Å². The molecule has 1 saturated heterocycles. The van der Waals surface area contributed by atoms with E-state index in [9.17, 15) is 9.90 Å². The molecule has 5 rings (SSSR count). The molecule has 0 amide bonds. The number of phenolic OH excluding ortho intramolecular Hbond substituents is 1. The molecule has 0 spiro atoms. The van der Waals surface area contributed by atoms with Crippen molar-refractivity contribution in [3.8, 4) is 5.75 Å². The second-order valence-electron chi connectivity index (χ2n) is 10.6. The van der Waals surface area contributed by atoms with Crippen LogP contribution in [0.25, 0.3) is 20.3 Å². The molecule has 1 aromatic carbocycles. The number of allylic oxidation sites excluding steroid dienone is 4. The number of aromatic hydroxyl groups is 1. The summed E-state index contributed by atoms with van der Waals surface area (Å²) in [5.74, 6) is 1.90. The highest BCUT2D eigenvalue weighted by atomic mass is 32.1. The highest BCUT2D eigenvalue weighted by molar-refractivity contribution is 7.25. The Hall–Kier alpha value is -2.44. The van der Waals surface area contributed by atoms with Crippen LogP contribution in [0.2, 0.25) is 0 Å². The zero-order valence-corrected chi connectivity index (χ0v) is 22.6. The number of hydrogen-bond acceptors (Lipinski definition) is 5. The number of ether oxygens (including phenoxy) is 1. The first-order valence-corrected chi connectivity index (χ1v) is 14.5. The molecule has 192 valence electrons. The smallest absolute Gasteiger partial charge is 0.263 e. The number of nitrogens with zero attached hydrogens (tertiary/aromatic N) is 2. The molecule has 3 atom stereocenters. The van der Waals surface area contributed by atoms with Crippen LogP contribution in [0.15, 0.2) is 40.7 Å². The van der Waals surface area contributed by atoms with Crippen LogP contribution in [0.1, 0.15) is 83.0 Å². The van der Waals surface area contributed by atoms with Crippen LogP contribution in [0.3, 0.4) is 0 Å². The molecular weight excluding hydrogens is 468 g/mol. The van der Waals surface area contributed by atoms with E-state index in [0.717, 1.165) is 84.3 Å². The molecule has 1 aliphatic heterocycles. The minimum Gasteiger partial charge on any atom is -0.506 e. The van der Waals surface area contributed by atoms with E-state index < -0.39 is 0 Å². The van der Waals surface area contributed by atoms with Crippen LogP contribution >= 0.6 is 11.3 Å². The average Bonchev–Trinajstić information content (AvgIpc) is 3.50. The van der Waals surface area contributed by atoms with Crippen molar-refractivity contribution in [3.05, 3.63) is 57.7 Å². The summed E-state index contributed by atoms with van der Waals surface area (Å²) in [6.07, 6.45) is 14.6. The number of fused-ring (bicyclic) bond motifs is 3. The largest absolute Gasteiger partial charge is 0.506 e. The SMILES string of the molecule is CCCCC(CC)c1nc2sc3c(O)cc(CC4=CC=CC(C)C4)cc3c2c(=O)n1CC1CCCO1. The summed E-state index contributed by atoms with van der Waals surface area (Å²) in [5.41, 5.74) is 2.40. The summed E-state index contributed by atoms with van der Waals surface area (Å²) < 4.78 is 8.60. The van der Waals surface area contributed by atoms with Crippen molar-refractivity contribution in [2.75, 3.05) is 6.61 Å². The molecule has 1 fully saturated rings. The van der Waals surface area contributed by atoms with Gasteiger partial charge in [-0.2, -0.15) is 0 Å². The Morgan fingerprint density at radius 1 is 1.31 bits per heavy atom. The summed E-state index contributed by atoms with van der Waals surface area (Å²) in [7, 11) is 0. The van der Waals surface area contributed by atoms with Crippen molar-refractivity contribution in [3.63, 3.8) is 0 Å². The van der Waals surface area contributed by atoms with E-state index >= 15 is 0 Å². The van der Waals surface area contributed by atoms with Crippen LogP contribution in [0, 0.1) is 5.92 Å². The van der Waals surface area contributed by atoms with Crippen molar-refractivity contribution in [2.45, 2.75) is 90.7 Å². The van der Waals surface area contributed by atoms with Crippen molar-refractivity contribution in [1.82, 2.24) is 9.55 Å². The lowest BCUT2D eigenvalue weighted by molar-refractivity contribution is 0.0948. The molecule has 36 heavy (non-hydrogen) atoms. The average molecular weight is 507 g/mol. The van der Waals surface area contributed by atoms with E-state index in [1.165, 1.54) is 16.9 Å². The normalized spacial score (nSPS) is 20.9. The van der Waals surface area contributed by atoms with Gasteiger partial charge in [0, 0.05) is 17.9 Å². The fourth-order valence-electron chi connectivity index (χ4n) is 5.79. The molecular formula is C30H38N2O3S. The molecule has 0 radical (unpaired) electrons. The Kier molecular flexibility index (Phi) is 7.63.